The summed E-state index contributed by atoms with van der Waals surface area (Å²) in [7, 11) is -2.30. The van der Waals surface area contributed by atoms with Crippen LogP contribution in [0, 0.1) is 5.92 Å². The summed E-state index contributed by atoms with van der Waals surface area (Å²) < 4.78 is 38.0. The lowest BCUT2D eigenvalue weighted by Crippen LogP contribution is -2.33. The summed E-state index contributed by atoms with van der Waals surface area (Å²) in [4.78, 5) is 11.1. The van der Waals surface area contributed by atoms with E-state index in [1.165, 1.54) is 19.2 Å². The quantitative estimate of drug-likeness (QED) is 0.732. The molecule has 0 radical (unpaired) electrons. The largest absolute Gasteiger partial charge is 0.463 e. The third-order valence-corrected chi connectivity index (χ3v) is 4.18. The molecular weight excluding hydrogens is 248 g/mol. The van der Waals surface area contributed by atoms with E-state index in [1.807, 2.05) is 0 Å². The number of rotatable bonds is 4. The van der Waals surface area contributed by atoms with Crippen LogP contribution in [0.15, 0.2) is 21.6 Å². The van der Waals surface area contributed by atoms with Crippen molar-refractivity contribution in [1.29, 1.82) is 0 Å². The first-order chi connectivity index (χ1) is 8.03. The van der Waals surface area contributed by atoms with Gasteiger partial charge in [0.1, 0.15) is 0 Å². The lowest BCUT2D eigenvalue weighted by molar-refractivity contribution is -0.0205. The molecule has 94 valence electrons. The highest BCUT2D eigenvalue weighted by Gasteiger charge is 2.29. The lowest BCUT2D eigenvalue weighted by Gasteiger charge is -2.24. The summed E-state index contributed by atoms with van der Waals surface area (Å²) in [5.41, 5.74) is 0. The molecule has 0 atom stereocenters. The van der Waals surface area contributed by atoms with E-state index in [2.05, 4.69) is 4.74 Å². The standard InChI is InChI=1S/C10H12O6S/c1-14-10(11)8-2-3-9(16-8)17(12,13)6-7-4-15-5-7/h2-3,7H,4-6H2,1H3. The maximum absolute atomic E-state index is 11.9. The molecule has 0 aliphatic carbocycles. The van der Waals surface area contributed by atoms with Gasteiger partial charge in [0.15, 0.2) is 0 Å². The van der Waals surface area contributed by atoms with Gasteiger partial charge in [0.05, 0.1) is 26.1 Å². The van der Waals surface area contributed by atoms with Gasteiger partial charge in [0.25, 0.3) is 0 Å². The second kappa shape index (κ2) is 4.50. The highest BCUT2D eigenvalue weighted by atomic mass is 32.2. The van der Waals surface area contributed by atoms with Crippen molar-refractivity contribution >= 4 is 15.8 Å². The Kier molecular flexibility index (Phi) is 3.21. The van der Waals surface area contributed by atoms with Gasteiger partial charge >= 0.3 is 5.97 Å². The summed E-state index contributed by atoms with van der Waals surface area (Å²) in [5.74, 6) is -0.831. The molecule has 0 bridgehead atoms. The molecule has 6 nitrogen and oxygen atoms in total. The molecule has 0 aromatic carbocycles. The first-order valence-corrected chi connectivity index (χ1v) is 6.67. The molecule has 1 aliphatic heterocycles. The summed E-state index contributed by atoms with van der Waals surface area (Å²) in [6.45, 7) is 0.896. The maximum Gasteiger partial charge on any atom is 0.374 e. The maximum atomic E-state index is 11.9. The van der Waals surface area contributed by atoms with Gasteiger partial charge in [-0.15, -0.1) is 0 Å². The summed E-state index contributed by atoms with van der Waals surface area (Å²) in [5, 5.41) is -0.204. The number of hydrogen-bond acceptors (Lipinski definition) is 6. The van der Waals surface area contributed by atoms with E-state index in [1.54, 1.807) is 0 Å². The number of ether oxygens (including phenoxy) is 2. The van der Waals surface area contributed by atoms with Crippen LogP contribution in [-0.2, 0) is 19.3 Å². The minimum Gasteiger partial charge on any atom is -0.463 e. The lowest BCUT2D eigenvalue weighted by atomic mass is 10.1. The molecule has 0 amide bonds. The van der Waals surface area contributed by atoms with E-state index in [-0.39, 0.29) is 22.5 Å². The van der Waals surface area contributed by atoms with Gasteiger partial charge in [-0.2, -0.15) is 0 Å². The molecule has 0 N–H and O–H groups in total. The zero-order valence-corrected chi connectivity index (χ0v) is 10.0. The fourth-order valence-electron chi connectivity index (χ4n) is 1.47. The van der Waals surface area contributed by atoms with Gasteiger partial charge in [0, 0.05) is 5.92 Å². The van der Waals surface area contributed by atoms with Gasteiger partial charge in [-0.1, -0.05) is 0 Å². The molecule has 17 heavy (non-hydrogen) atoms. The topological polar surface area (TPSA) is 82.8 Å². The molecular formula is C10H12O6S. The van der Waals surface area contributed by atoms with Crippen molar-refractivity contribution in [3.8, 4) is 0 Å². The molecule has 1 fully saturated rings. The Hall–Kier alpha value is -1.34. The van der Waals surface area contributed by atoms with E-state index >= 15 is 0 Å². The Bertz CT molecular complexity index is 511. The smallest absolute Gasteiger partial charge is 0.374 e. The van der Waals surface area contributed by atoms with Crippen LogP contribution in [0.4, 0.5) is 0 Å². The third-order valence-electron chi connectivity index (χ3n) is 2.44. The van der Waals surface area contributed by atoms with E-state index in [4.69, 9.17) is 9.15 Å². The molecule has 7 heteroatoms. The van der Waals surface area contributed by atoms with E-state index in [0.29, 0.717) is 13.2 Å². The minimum absolute atomic E-state index is 0.00618. The van der Waals surface area contributed by atoms with E-state index in [0.717, 1.165) is 0 Å². The zero-order valence-electron chi connectivity index (χ0n) is 9.21. The number of furan rings is 1. The van der Waals surface area contributed by atoms with Crippen molar-refractivity contribution in [2.75, 3.05) is 26.1 Å². The normalized spacial score (nSPS) is 16.5. The predicted octanol–water partition coefficient (Wildman–Crippen LogP) is 0.486. The monoisotopic (exact) mass is 260 g/mol. The second-order valence-electron chi connectivity index (χ2n) is 3.80. The van der Waals surface area contributed by atoms with Crippen molar-refractivity contribution in [3.63, 3.8) is 0 Å². The average molecular weight is 260 g/mol. The SMILES string of the molecule is COC(=O)c1ccc(S(=O)(=O)CC2COC2)o1. The van der Waals surface area contributed by atoms with Crippen molar-refractivity contribution in [3.05, 3.63) is 17.9 Å². The van der Waals surface area contributed by atoms with E-state index in [9.17, 15) is 13.2 Å². The Balaban J connectivity index is 2.15. The first kappa shape index (κ1) is 12.1. The predicted molar refractivity (Wildman–Crippen MR) is 56.4 cm³/mol. The highest BCUT2D eigenvalue weighted by molar-refractivity contribution is 7.91. The van der Waals surface area contributed by atoms with Gasteiger partial charge in [0.2, 0.25) is 20.7 Å². The number of esters is 1. The molecule has 2 heterocycles. The van der Waals surface area contributed by atoms with Crippen LogP contribution in [-0.4, -0.2) is 40.5 Å². The third kappa shape index (κ3) is 2.50. The summed E-state index contributed by atoms with van der Waals surface area (Å²) >= 11 is 0. The highest BCUT2D eigenvalue weighted by Crippen LogP contribution is 2.21. The minimum atomic E-state index is -3.50. The fourth-order valence-corrected chi connectivity index (χ4v) is 2.94. The van der Waals surface area contributed by atoms with Crippen LogP contribution in [0.25, 0.3) is 0 Å². The Morgan fingerprint density at radius 3 is 2.71 bits per heavy atom. The first-order valence-electron chi connectivity index (χ1n) is 5.01. The van der Waals surface area contributed by atoms with Crippen molar-refractivity contribution < 1.29 is 27.1 Å². The molecule has 2 rings (SSSR count). The number of carbonyl (C=O) groups is 1. The second-order valence-corrected chi connectivity index (χ2v) is 5.76. The van der Waals surface area contributed by atoms with Gasteiger partial charge in [-0.3, -0.25) is 0 Å². The summed E-state index contributed by atoms with van der Waals surface area (Å²) in [6, 6.07) is 2.55. The number of hydrogen-bond donors (Lipinski definition) is 0. The molecule has 0 spiro atoms. The molecule has 1 aromatic heterocycles. The molecule has 0 saturated carbocycles. The van der Waals surface area contributed by atoms with Crippen molar-refractivity contribution in [2.24, 2.45) is 5.92 Å². The van der Waals surface area contributed by atoms with Crippen LogP contribution in [0.5, 0.6) is 0 Å². The Morgan fingerprint density at radius 1 is 1.47 bits per heavy atom. The van der Waals surface area contributed by atoms with Gasteiger partial charge < -0.3 is 13.9 Å². The van der Waals surface area contributed by atoms with Crippen molar-refractivity contribution in [1.82, 2.24) is 0 Å². The van der Waals surface area contributed by atoms with Crippen molar-refractivity contribution in [2.45, 2.75) is 5.09 Å². The Morgan fingerprint density at radius 2 is 2.18 bits per heavy atom. The zero-order chi connectivity index (χ0) is 12.5. The van der Waals surface area contributed by atoms with Crippen LogP contribution in [0.2, 0.25) is 0 Å². The fraction of sp³-hybridized carbons (Fsp3) is 0.500. The van der Waals surface area contributed by atoms with Gasteiger partial charge in [-0.05, 0) is 12.1 Å². The summed E-state index contributed by atoms with van der Waals surface area (Å²) in [6.07, 6.45) is 0. The molecule has 1 aliphatic rings. The number of methoxy groups -OCH3 is 1. The molecule has 1 aromatic rings. The van der Waals surface area contributed by atoms with Crippen LogP contribution in [0.3, 0.4) is 0 Å². The number of carbonyl (C=O) groups excluding carboxylic acids is 1. The van der Waals surface area contributed by atoms with Gasteiger partial charge in [-0.25, -0.2) is 13.2 Å². The van der Waals surface area contributed by atoms with Crippen LogP contribution < -0.4 is 0 Å². The van der Waals surface area contributed by atoms with E-state index < -0.39 is 15.8 Å². The van der Waals surface area contributed by atoms with Crippen LogP contribution >= 0.6 is 0 Å². The Labute approximate surface area is 98.4 Å². The molecule has 1 saturated heterocycles. The van der Waals surface area contributed by atoms with Crippen LogP contribution in [0.1, 0.15) is 10.6 Å². The molecule has 0 unspecified atom stereocenters. The number of sulfone groups is 1. The average Bonchev–Trinajstić information content (AvgIpc) is 2.72.